The molecular formula is C9H10F2O3. The van der Waals surface area contributed by atoms with Crippen LogP contribution in [0.25, 0.3) is 0 Å². The molecule has 0 N–H and O–H groups in total. The topological polar surface area (TPSA) is 39.4 Å². The molecule has 0 saturated carbocycles. The number of carbonyl (C=O) groups is 1. The molecule has 0 fully saturated rings. The van der Waals surface area contributed by atoms with E-state index in [1.807, 2.05) is 0 Å². The van der Waals surface area contributed by atoms with Crippen LogP contribution in [-0.2, 0) is 16.0 Å². The number of carbonyl (C=O) groups excluding carboxylic acids is 1. The average molecular weight is 204 g/mol. The number of hydrogen-bond acceptors (Lipinski definition) is 3. The zero-order valence-electron chi connectivity index (χ0n) is 7.63. The van der Waals surface area contributed by atoms with E-state index >= 15 is 0 Å². The first-order valence-corrected chi connectivity index (χ1v) is 4.12. The number of ether oxygens (including phenoxy) is 1. The van der Waals surface area contributed by atoms with E-state index in [0.717, 1.165) is 0 Å². The van der Waals surface area contributed by atoms with Crippen molar-refractivity contribution >= 4 is 5.97 Å². The van der Waals surface area contributed by atoms with Gasteiger partial charge in [0.1, 0.15) is 0 Å². The van der Waals surface area contributed by atoms with E-state index in [4.69, 9.17) is 0 Å². The van der Waals surface area contributed by atoms with Gasteiger partial charge in [0.15, 0.2) is 0 Å². The summed E-state index contributed by atoms with van der Waals surface area (Å²) in [4.78, 5) is 10.8. The predicted molar refractivity (Wildman–Crippen MR) is 44.0 cm³/mol. The second kappa shape index (κ2) is 4.21. The molecule has 0 aliphatic carbocycles. The van der Waals surface area contributed by atoms with E-state index in [1.54, 1.807) is 0 Å². The molecule has 1 aromatic heterocycles. The summed E-state index contributed by atoms with van der Waals surface area (Å²) in [6, 6.07) is 1.38. The Kier molecular flexibility index (Phi) is 3.22. The first kappa shape index (κ1) is 10.7. The summed E-state index contributed by atoms with van der Waals surface area (Å²) in [7, 11) is 0. The van der Waals surface area contributed by atoms with E-state index in [9.17, 15) is 13.6 Å². The van der Waals surface area contributed by atoms with Crippen molar-refractivity contribution in [1.29, 1.82) is 0 Å². The lowest BCUT2D eigenvalue weighted by Crippen LogP contribution is -2.32. The van der Waals surface area contributed by atoms with Gasteiger partial charge in [-0.2, -0.15) is 8.78 Å². The lowest BCUT2D eigenvalue weighted by molar-refractivity contribution is -0.171. The minimum absolute atomic E-state index is 0.0557. The normalized spacial score (nSPS) is 11.4. The Bertz CT molecular complexity index is 293. The van der Waals surface area contributed by atoms with Crippen LogP contribution in [0, 0.1) is 0 Å². The fraction of sp³-hybridized carbons (Fsp3) is 0.444. The van der Waals surface area contributed by atoms with E-state index in [-0.39, 0.29) is 12.2 Å². The molecule has 0 amide bonds. The zero-order valence-corrected chi connectivity index (χ0v) is 7.63. The van der Waals surface area contributed by atoms with Crippen molar-refractivity contribution in [3.63, 3.8) is 0 Å². The van der Waals surface area contributed by atoms with Crippen LogP contribution in [0.4, 0.5) is 8.78 Å². The van der Waals surface area contributed by atoms with E-state index in [2.05, 4.69) is 9.15 Å². The van der Waals surface area contributed by atoms with Crippen molar-refractivity contribution in [3.05, 3.63) is 24.2 Å². The molecule has 1 aromatic rings. The number of furan rings is 1. The van der Waals surface area contributed by atoms with Gasteiger partial charge in [-0.05, 0) is 18.6 Å². The molecule has 5 heteroatoms. The molecular weight excluding hydrogens is 194 g/mol. The predicted octanol–water partition coefficient (Wildman–Crippen LogP) is 2.02. The Morgan fingerprint density at radius 3 is 2.86 bits per heavy atom. The summed E-state index contributed by atoms with van der Waals surface area (Å²) < 4.78 is 35.0. The van der Waals surface area contributed by atoms with E-state index in [1.165, 1.54) is 25.5 Å². The monoisotopic (exact) mass is 204 g/mol. The number of alkyl halides is 2. The summed E-state index contributed by atoms with van der Waals surface area (Å²) in [5, 5.41) is 0. The third-order valence-corrected chi connectivity index (χ3v) is 1.58. The van der Waals surface area contributed by atoms with Crippen LogP contribution in [0.3, 0.4) is 0 Å². The first-order chi connectivity index (χ1) is 6.56. The highest BCUT2D eigenvalue weighted by atomic mass is 19.3. The van der Waals surface area contributed by atoms with Crippen LogP contribution in [-0.4, -0.2) is 18.5 Å². The Balaban J connectivity index is 2.61. The maximum atomic E-state index is 13.1. The SMILES string of the molecule is CCOC(=O)C(F)(F)Cc1ccoc1. The zero-order chi connectivity index (χ0) is 10.6. The van der Waals surface area contributed by atoms with Gasteiger partial charge in [-0.25, -0.2) is 4.79 Å². The summed E-state index contributed by atoms with van der Waals surface area (Å²) in [6.07, 6.45) is 1.76. The van der Waals surface area contributed by atoms with Crippen molar-refractivity contribution in [3.8, 4) is 0 Å². The minimum Gasteiger partial charge on any atom is -0.472 e. The highest BCUT2D eigenvalue weighted by Gasteiger charge is 2.40. The summed E-state index contributed by atoms with van der Waals surface area (Å²) in [5.41, 5.74) is 0.267. The summed E-state index contributed by atoms with van der Waals surface area (Å²) >= 11 is 0. The Morgan fingerprint density at radius 1 is 1.64 bits per heavy atom. The number of esters is 1. The molecule has 0 aliphatic rings. The highest BCUT2D eigenvalue weighted by Crippen LogP contribution is 2.21. The van der Waals surface area contributed by atoms with Gasteiger partial charge in [-0.15, -0.1) is 0 Å². The Hall–Kier alpha value is -1.39. The maximum Gasteiger partial charge on any atom is 0.377 e. The molecule has 14 heavy (non-hydrogen) atoms. The molecule has 0 spiro atoms. The maximum absolute atomic E-state index is 13.1. The molecule has 78 valence electrons. The molecule has 0 unspecified atom stereocenters. The van der Waals surface area contributed by atoms with Gasteiger partial charge >= 0.3 is 11.9 Å². The quantitative estimate of drug-likeness (QED) is 0.704. The van der Waals surface area contributed by atoms with Crippen molar-refractivity contribution in [2.45, 2.75) is 19.3 Å². The van der Waals surface area contributed by atoms with Gasteiger partial charge < -0.3 is 9.15 Å². The highest BCUT2D eigenvalue weighted by molar-refractivity contribution is 5.77. The fourth-order valence-electron chi connectivity index (χ4n) is 0.958. The molecule has 0 aromatic carbocycles. The Labute approximate surface area is 79.7 Å². The van der Waals surface area contributed by atoms with Crippen LogP contribution in [0.5, 0.6) is 0 Å². The second-order valence-electron chi connectivity index (χ2n) is 2.73. The molecule has 0 bridgehead atoms. The van der Waals surface area contributed by atoms with Crippen molar-refractivity contribution < 1.29 is 22.7 Å². The van der Waals surface area contributed by atoms with Gasteiger partial charge in [0.2, 0.25) is 0 Å². The largest absolute Gasteiger partial charge is 0.472 e. The lowest BCUT2D eigenvalue weighted by atomic mass is 10.1. The fourth-order valence-corrected chi connectivity index (χ4v) is 0.958. The smallest absolute Gasteiger partial charge is 0.377 e. The van der Waals surface area contributed by atoms with E-state index < -0.39 is 18.3 Å². The Morgan fingerprint density at radius 2 is 2.36 bits per heavy atom. The van der Waals surface area contributed by atoms with Gasteiger partial charge in [-0.3, -0.25) is 0 Å². The molecule has 0 atom stereocenters. The third-order valence-electron chi connectivity index (χ3n) is 1.58. The van der Waals surface area contributed by atoms with Crippen LogP contribution >= 0.6 is 0 Å². The van der Waals surface area contributed by atoms with Gasteiger partial charge in [0, 0.05) is 0 Å². The number of rotatable bonds is 4. The van der Waals surface area contributed by atoms with Crippen LogP contribution in [0.1, 0.15) is 12.5 Å². The first-order valence-electron chi connectivity index (χ1n) is 4.12. The van der Waals surface area contributed by atoms with Crippen LogP contribution in [0.2, 0.25) is 0 Å². The molecule has 1 heterocycles. The molecule has 3 nitrogen and oxygen atoms in total. The summed E-state index contributed by atoms with van der Waals surface area (Å²) in [6.45, 7) is 1.42. The van der Waals surface area contributed by atoms with Gasteiger partial charge in [-0.1, -0.05) is 0 Å². The molecule has 1 rings (SSSR count). The standard InChI is InChI=1S/C9H10F2O3/c1-2-14-8(12)9(10,11)5-7-3-4-13-6-7/h3-4,6H,2,5H2,1H3. The second-order valence-corrected chi connectivity index (χ2v) is 2.73. The van der Waals surface area contributed by atoms with Gasteiger partial charge in [0.05, 0.1) is 25.6 Å². The average Bonchev–Trinajstić information content (AvgIpc) is 2.56. The van der Waals surface area contributed by atoms with Crippen LogP contribution < -0.4 is 0 Å². The van der Waals surface area contributed by atoms with Crippen molar-refractivity contribution in [2.75, 3.05) is 6.61 Å². The molecule has 0 saturated heterocycles. The van der Waals surface area contributed by atoms with Gasteiger partial charge in [0.25, 0.3) is 0 Å². The van der Waals surface area contributed by atoms with E-state index in [0.29, 0.717) is 0 Å². The summed E-state index contributed by atoms with van der Waals surface area (Å²) in [5.74, 6) is -4.99. The van der Waals surface area contributed by atoms with Crippen molar-refractivity contribution in [1.82, 2.24) is 0 Å². The number of halogens is 2. The molecule has 0 radical (unpaired) electrons. The lowest BCUT2D eigenvalue weighted by Gasteiger charge is -2.12. The van der Waals surface area contributed by atoms with Crippen molar-refractivity contribution in [2.24, 2.45) is 0 Å². The minimum atomic E-state index is -3.49. The number of hydrogen-bond donors (Lipinski definition) is 0. The van der Waals surface area contributed by atoms with Crippen LogP contribution in [0.15, 0.2) is 23.0 Å². The molecule has 0 aliphatic heterocycles. The third kappa shape index (κ3) is 2.55.